The van der Waals surface area contributed by atoms with Crippen molar-refractivity contribution in [3.63, 3.8) is 0 Å². The van der Waals surface area contributed by atoms with Crippen molar-refractivity contribution in [3.8, 4) is 17.6 Å². The summed E-state index contributed by atoms with van der Waals surface area (Å²) in [6, 6.07) is 8.68. The number of carbonyl (C=O) groups is 1. The summed E-state index contributed by atoms with van der Waals surface area (Å²) in [7, 11) is 0. The number of carbonyl (C=O) groups excluding carboxylic acids is 1. The van der Waals surface area contributed by atoms with Crippen LogP contribution >= 0.6 is 23.1 Å². The molecule has 0 saturated carbocycles. The summed E-state index contributed by atoms with van der Waals surface area (Å²) in [6.07, 6.45) is 4.36. The van der Waals surface area contributed by atoms with Gasteiger partial charge in [-0.05, 0) is 68.0 Å². The molecular weight excluding hydrogens is 424 g/mol. The van der Waals surface area contributed by atoms with Gasteiger partial charge < -0.3 is 9.47 Å². The Bertz CT molecular complexity index is 963. The second-order valence-electron chi connectivity index (χ2n) is 8.29. The first-order valence-corrected chi connectivity index (χ1v) is 12.9. The van der Waals surface area contributed by atoms with Gasteiger partial charge in [0.1, 0.15) is 5.75 Å². The molecule has 0 radical (unpaired) electrons. The van der Waals surface area contributed by atoms with Crippen LogP contribution in [-0.4, -0.2) is 24.9 Å². The fraction of sp³-hybridized carbons (Fsp3) is 0.500. The summed E-state index contributed by atoms with van der Waals surface area (Å²) in [4.78, 5) is 15.0. The van der Waals surface area contributed by atoms with E-state index < -0.39 is 0 Å². The maximum absolute atomic E-state index is 11.4. The Kier molecular flexibility index (Phi) is 8.51. The summed E-state index contributed by atoms with van der Waals surface area (Å²) in [5.41, 5.74) is 2.46. The normalized spacial score (nSPS) is 14.2. The Morgan fingerprint density at radius 2 is 2.06 bits per heavy atom. The standard InChI is InChI=1S/C26H32O3S2/c1-5-28-25(27)10-8-7-9-20-13-14-21(31-20)12-11-19-17-22-23(18-24(19)30-6-2)29-16-15-26(22,3)4/h13-14,17-18H,5-10,15-16H2,1-4H3. The highest BCUT2D eigenvalue weighted by atomic mass is 32.2. The fourth-order valence-electron chi connectivity index (χ4n) is 3.64. The van der Waals surface area contributed by atoms with E-state index in [1.54, 1.807) is 11.3 Å². The number of ether oxygens (including phenoxy) is 2. The molecule has 0 aliphatic carbocycles. The molecule has 5 heteroatoms. The third kappa shape index (κ3) is 6.54. The van der Waals surface area contributed by atoms with E-state index in [4.69, 9.17) is 9.47 Å². The Balaban J connectivity index is 1.70. The number of unbranched alkanes of at least 4 members (excludes halogenated alkanes) is 1. The minimum Gasteiger partial charge on any atom is -0.493 e. The van der Waals surface area contributed by atoms with Crippen LogP contribution < -0.4 is 4.74 Å². The number of benzene rings is 1. The molecule has 2 heterocycles. The first-order valence-electron chi connectivity index (χ1n) is 11.1. The van der Waals surface area contributed by atoms with E-state index in [1.165, 1.54) is 15.3 Å². The number of esters is 1. The zero-order valence-corrected chi connectivity index (χ0v) is 20.6. The van der Waals surface area contributed by atoms with Gasteiger partial charge >= 0.3 is 5.97 Å². The van der Waals surface area contributed by atoms with Crippen molar-refractivity contribution >= 4 is 29.1 Å². The molecule has 0 unspecified atom stereocenters. The zero-order valence-electron chi connectivity index (χ0n) is 19.0. The maximum atomic E-state index is 11.4. The molecule has 0 fully saturated rings. The average Bonchev–Trinajstić information content (AvgIpc) is 3.18. The summed E-state index contributed by atoms with van der Waals surface area (Å²) in [6.45, 7) is 9.81. The topological polar surface area (TPSA) is 35.5 Å². The van der Waals surface area contributed by atoms with Gasteiger partial charge in [-0.15, -0.1) is 23.1 Å². The molecule has 0 amide bonds. The molecule has 0 atom stereocenters. The van der Waals surface area contributed by atoms with Gasteiger partial charge in [-0.1, -0.05) is 32.6 Å². The van der Waals surface area contributed by atoms with E-state index in [0.717, 1.165) is 54.2 Å². The minimum atomic E-state index is -0.0976. The molecule has 1 aliphatic heterocycles. The van der Waals surface area contributed by atoms with Gasteiger partial charge in [0.15, 0.2) is 0 Å². The van der Waals surface area contributed by atoms with Gasteiger partial charge in [0.25, 0.3) is 0 Å². The lowest BCUT2D eigenvalue weighted by atomic mass is 9.79. The van der Waals surface area contributed by atoms with Crippen LogP contribution in [0.5, 0.6) is 5.75 Å². The van der Waals surface area contributed by atoms with Crippen molar-refractivity contribution in [1.29, 1.82) is 0 Å². The van der Waals surface area contributed by atoms with Gasteiger partial charge in [0.05, 0.1) is 18.1 Å². The lowest BCUT2D eigenvalue weighted by Gasteiger charge is -2.33. The largest absolute Gasteiger partial charge is 0.493 e. The number of rotatable bonds is 8. The van der Waals surface area contributed by atoms with Crippen molar-refractivity contribution in [3.05, 3.63) is 45.1 Å². The van der Waals surface area contributed by atoms with Crippen LogP contribution in [0.1, 0.15) is 74.3 Å². The van der Waals surface area contributed by atoms with E-state index in [2.05, 4.69) is 56.9 Å². The molecule has 1 aromatic carbocycles. The third-order valence-corrected chi connectivity index (χ3v) is 7.43. The lowest BCUT2D eigenvalue weighted by molar-refractivity contribution is -0.143. The van der Waals surface area contributed by atoms with Gasteiger partial charge in [0.2, 0.25) is 0 Å². The third-order valence-electron chi connectivity index (χ3n) is 5.44. The first-order chi connectivity index (χ1) is 14.9. The van der Waals surface area contributed by atoms with Gasteiger partial charge in [-0.2, -0.15) is 0 Å². The van der Waals surface area contributed by atoms with Crippen molar-refractivity contribution in [1.82, 2.24) is 0 Å². The number of thiophene rings is 1. The number of hydrogen-bond acceptors (Lipinski definition) is 5. The molecule has 166 valence electrons. The highest BCUT2D eigenvalue weighted by Gasteiger charge is 2.29. The van der Waals surface area contributed by atoms with Gasteiger partial charge in [0, 0.05) is 27.3 Å². The van der Waals surface area contributed by atoms with E-state index in [0.29, 0.717) is 13.0 Å². The van der Waals surface area contributed by atoms with Gasteiger partial charge in [-0.25, -0.2) is 0 Å². The SMILES string of the molecule is CCOC(=O)CCCCc1ccc(C#Cc2cc3c(cc2SCC)OCCC3(C)C)s1. The molecule has 0 saturated heterocycles. The summed E-state index contributed by atoms with van der Waals surface area (Å²) < 4.78 is 10.9. The second kappa shape index (κ2) is 11.1. The van der Waals surface area contributed by atoms with Gasteiger partial charge in [-0.3, -0.25) is 4.79 Å². The van der Waals surface area contributed by atoms with Crippen LogP contribution in [0.3, 0.4) is 0 Å². The average molecular weight is 457 g/mol. The molecule has 3 rings (SSSR count). The number of hydrogen-bond donors (Lipinski definition) is 0. The Hall–Kier alpha value is -1.90. The van der Waals surface area contributed by atoms with Crippen LogP contribution in [-0.2, 0) is 21.4 Å². The smallest absolute Gasteiger partial charge is 0.305 e. The van der Waals surface area contributed by atoms with Crippen LogP contribution in [0.15, 0.2) is 29.2 Å². The minimum absolute atomic E-state index is 0.0976. The molecule has 0 N–H and O–H groups in total. The Labute approximate surface area is 194 Å². The highest BCUT2D eigenvalue weighted by molar-refractivity contribution is 7.99. The van der Waals surface area contributed by atoms with E-state index in [1.807, 2.05) is 18.7 Å². The summed E-state index contributed by atoms with van der Waals surface area (Å²) in [5, 5.41) is 0. The Morgan fingerprint density at radius 1 is 1.23 bits per heavy atom. The molecular formula is C26H32O3S2. The first kappa shape index (κ1) is 23.8. The monoisotopic (exact) mass is 456 g/mol. The number of aryl methyl sites for hydroxylation is 1. The molecule has 2 aromatic rings. The second-order valence-corrected chi connectivity index (χ2v) is 10.8. The lowest BCUT2D eigenvalue weighted by Crippen LogP contribution is -2.26. The Morgan fingerprint density at radius 3 is 2.84 bits per heavy atom. The molecule has 1 aliphatic rings. The molecule has 3 nitrogen and oxygen atoms in total. The van der Waals surface area contributed by atoms with Crippen molar-refractivity contribution in [2.75, 3.05) is 19.0 Å². The number of thioether (sulfide) groups is 1. The fourth-order valence-corrected chi connectivity index (χ4v) is 5.31. The van der Waals surface area contributed by atoms with E-state index in [-0.39, 0.29) is 11.4 Å². The van der Waals surface area contributed by atoms with Crippen LogP contribution in [0.2, 0.25) is 0 Å². The van der Waals surface area contributed by atoms with E-state index >= 15 is 0 Å². The zero-order chi connectivity index (χ0) is 22.3. The summed E-state index contributed by atoms with van der Waals surface area (Å²) >= 11 is 3.57. The van der Waals surface area contributed by atoms with Crippen LogP contribution in [0, 0.1) is 11.8 Å². The molecule has 0 spiro atoms. The highest BCUT2D eigenvalue weighted by Crippen LogP contribution is 2.41. The molecule has 0 bridgehead atoms. The maximum Gasteiger partial charge on any atom is 0.305 e. The van der Waals surface area contributed by atoms with Crippen molar-refractivity contribution < 1.29 is 14.3 Å². The quantitative estimate of drug-likeness (QED) is 0.194. The van der Waals surface area contributed by atoms with E-state index in [9.17, 15) is 4.79 Å². The van der Waals surface area contributed by atoms with Crippen LogP contribution in [0.4, 0.5) is 0 Å². The van der Waals surface area contributed by atoms with Crippen molar-refractivity contribution in [2.45, 2.75) is 70.1 Å². The predicted molar refractivity (Wildman–Crippen MR) is 130 cm³/mol. The molecule has 31 heavy (non-hydrogen) atoms. The van der Waals surface area contributed by atoms with Crippen LogP contribution in [0.25, 0.3) is 0 Å². The summed E-state index contributed by atoms with van der Waals surface area (Å²) in [5.74, 6) is 8.74. The molecule has 1 aromatic heterocycles. The van der Waals surface area contributed by atoms with Crippen molar-refractivity contribution in [2.24, 2.45) is 0 Å². The number of fused-ring (bicyclic) bond motifs is 1. The predicted octanol–water partition coefficient (Wildman–Crippen LogP) is 6.60.